The van der Waals surface area contributed by atoms with Crippen LogP contribution in [0.5, 0.6) is 5.75 Å². The Balaban J connectivity index is 1.60. The molecule has 0 bridgehead atoms. The van der Waals surface area contributed by atoms with Gasteiger partial charge in [-0.3, -0.25) is 0 Å². The maximum Gasteiger partial charge on any atom is 0.315 e. The third-order valence-corrected chi connectivity index (χ3v) is 4.37. The molecule has 1 aliphatic carbocycles. The minimum absolute atomic E-state index is 0.0538. The Kier molecular flexibility index (Phi) is 6.07. The van der Waals surface area contributed by atoms with E-state index in [1.165, 1.54) is 0 Å². The molecule has 3 N–H and O–H groups in total. The van der Waals surface area contributed by atoms with Crippen molar-refractivity contribution in [1.82, 2.24) is 10.6 Å². The van der Waals surface area contributed by atoms with Crippen LogP contribution in [0.4, 0.5) is 4.79 Å². The van der Waals surface area contributed by atoms with Crippen molar-refractivity contribution in [3.05, 3.63) is 30.3 Å². The first kappa shape index (κ1) is 16.6. The van der Waals surface area contributed by atoms with Crippen LogP contribution in [0.1, 0.15) is 32.6 Å². The summed E-state index contributed by atoms with van der Waals surface area (Å²) in [7, 11) is 0. The van der Waals surface area contributed by atoms with Crippen LogP contribution in [0.25, 0.3) is 0 Å². The van der Waals surface area contributed by atoms with Crippen molar-refractivity contribution in [2.24, 2.45) is 5.41 Å². The molecule has 1 aromatic carbocycles. The van der Waals surface area contributed by atoms with Gasteiger partial charge in [-0.1, -0.05) is 31.5 Å². The summed E-state index contributed by atoms with van der Waals surface area (Å²) < 4.78 is 5.57. The quantitative estimate of drug-likeness (QED) is 0.677. The molecule has 1 saturated carbocycles. The van der Waals surface area contributed by atoms with E-state index >= 15 is 0 Å². The number of carbonyl (C=O) groups is 1. The Bertz CT molecular complexity index is 466. The minimum Gasteiger partial charge on any atom is -0.494 e. The van der Waals surface area contributed by atoms with Gasteiger partial charge in [0.1, 0.15) is 5.75 Å². The SMILES string of the molecule is CC1(CO)CCCC1NC(=O)NCCCOc1ccccc1. The molecule has 1 fully saturated rings. The van der Waals surface area contributed by atoms with E-state index in [-0.39, 0.29) is 24.1 Å². The van der Waals surface area contributed by atoms with Gasteiger partial charge in [-0.25, -0.2) is 4.79 Å². The predicted molar refractivity (Wildman–Crippen MR) is 85.9 cm³/mol. The van der Waals surface area contributed by atoms with Crippen molar-refractivity contribution in [2.45, 2.75) is 38.6 Å². The predicted octanol–water partition coefficient (Wildman–Crippen LogP) is 2.31. The highest BCUT2D eigenvalue weighted by Crippen LogP contribution is 2.37. The van der Waals surface area contributed by atoms with Gasteiger partial charge in [0.15, 0.2) is 0 Å². The zero-order valence-corrected chi connectivity index (χ0v) is 13.2. The summed E-state index contributed by atoms with van der Waals surface area (Å²) >= 11 is 0. The number of hydrogen-bond donors (Lipinski definition) is 3. The van der Waals surface area contributed by atoms with E-state index in [0.717, 1.165) is 31.4 Å². The van der Waals surface area contributed by atoms with E-state index in [1.54, 1.807) is 0 Å². The highest BCUT2D eigenvalue weighted by Gasteiger charge is 2.38. The second-order valence-electron chi connectivity index (χ2n) is 6.17. The zero-order chi connectivity index (χ0) is 15.8. The lowest BCUT2D eigenvalue weighted by molar-refractivity contribution is 0.121. The van der Waals surface area contributed by atoms with E-state index in [4.69, 9.17) is 4.74 Å². The normalized spacial score (nSPS) is 24.0. The Hall–Kier alpha value is -1.75. The molecule has 0 spiro atoms. The number of hydrogen-bond acceptors (Lipinski definition) is 3. The van der Waals surface area contributed by atoms with Gasteiger partial charge < -0.3 is 20.5 Å². The fourth-order valence-corrected chi connectivity index (χ4v) is 2.86. The molecule has 2 amide bonds. The first-order valence-corrected chi connectivity index (χ1v) is 7.97. The van der Waals surface area contributed by atoms with Gasteiger partial charge in [-0.2, -0.15) is 0 Å². The Morgan fingerprint density at radius 3 is 2.91 bits per heavy atom. The maximum atomic E-state index is 11.9. The molecule has 1 aromatic rings. The number of rotatable bonds is 7. The lowest BCUT2D eigenvalue weighted by Crippen LogP contribution is -2.48. The number of carbonyl (C=O) groups excluding carboxylic acids is 1. The molecule has 0 saturated heterocycles. The Morgan fingerprint density at radius 1 is 1.41 bits per heavy atom. The van der Waals surface area contributed by atoms with Crippen molar-refractivity contribution >= 4 is 6.03 Å². The first-order valence-electron chi connectivity index (χ1n) is 7.97. The summed E-state index contributed by atoms with van der Waals surface area (Å²) in [6.07, 6.45) is 3.69. The monoisotopic (exact) mass is 306 g/mol. The van der Waals surface area contributed by atoms with Crippen LogP contribution in [0.15, 0.2) is 30.3 Å². The van der Waals surface area contributed by atoms with Crippen molar-refractivity contribution in [2.75, 3.05) is 19.8 Å². The van der Waals surface area contributed by atoms with Crippen LogP contribution >= 0.6 is 0 Å². The molecule has 0 aromatic heterocycles. The van der Waals surface area contributed by atoms with Crippen LogP contribution in [-0.4, -0.2) is 36.9 Å². The van der Waals surface area contributed by atoms with Crippen molar-refractivity contribution in [1.29, 1.82) is 0 Å². The van der Waals surface area contributed by atoms with Crippen LogP contribution in [-0.2, 0) is 0 Å². The van der Waals surface area contributed by atoms with Crippen LogP contribution < -0.4 is 15.4 Å². The molecule has 1 aliphatic rings. The molecule has 0 radical (unpaired) electrons. The molecule has 22 heavy (non-hydrogen) atoms. The molecule has 122 valence electrons. The van der Waals surface area contributed by atoms with Gasteiger partial charge in [0.25, 0.3) is 0 Å². The van der Waals surface area contributed by atoms with E-state index in [0.29, 0.717) is 13.2 Å². The van der Waals surface area contributed by atoms with Gasteiger partial charge in [0.05, 0.1) is 13.2 Å². The van der Waals surface area contributed by atoms with Crippen molar-refractivity contribution in [3.8, 4) is 5.75 Å². The average molecular weight is 306 g/mol. The molecule has 0 aliphatic heterocycles. The fourth-order valence-electron chi connectivity index (χ4n) is 2.86. The highest BCUT2D eigenvalue weighted by molar-refractivity contribution is 5.74. The number of para-hydroxylation sites is 1. The van der Waals surface area contributed by atoms with Gasteiger partial charge >= 0.3 is 6.03 Å². The average Bonchev–Trinajstić information content (AvgIpc) is 2.89. The molecule has 2 unspecified atom stereocenters. The molecule has 5 heteroatoms. The molecule has 0 heterocycles. The van der Waals surface area contributed by atoms with Gasteiger partial charge in [-0.05, 0) is 31.4 Å². The highest BCUT2D eigenvalue weighted by atomic mass is 16.5. The second kappa shape index (κ2) is 8.03. The third kappa shape index (κ3) is 4.63. The van der Waals surface area contributed by atoms with Crippen molar-refractivity contribution < 1.29 is 14.6 Å². The number of aliphatic hydroxyl groups excluding tert-OH is 1. The van der Waals surface area contributed by atoms with E-state index in [1.807, 2.05) is 37.3 Å². The third-order valence-electron chi connectivity index (χ3n) is 4.37. The van der Waals surface area contributed by atoms with E-state index < -0.39 is 0 Å². The number of benzene rings is 1. The smallest absolute Gasteiger partial charge is 0.315 e. The summed E-state index contributed by atoms with van der Waals surface area (Å²) in [6.45, 7) is 3.28. The topological polar surface area (TPSA) is 70.6 Å². The van der Waals surface area contributed by atoms with Gasteiger partial charge in [-0.15, -0.1) is 0 Å². The summed E-state index contributed by atoms with van der Waals surface area (Å²) in [5.74, 6) is 0.844. The maximum absolute atomic E-state index is 11.9. The summed E-state index contributed by atoms with van der Waals surface area (Å²) in [5.41, 5.74) is -0.187. The fraction of sp³-hybridized carbons (Fsp3) is 0.588. The van der Waals surface area contributed by atoms with E-state index in [9.17, 15) is 9.90 Å². The Labute approximate surface area is 132 Å². The molecular weight excluding hydrogens is 280 g/mol. The Morgan fingerprint density at radius 2 is 2.18 bits per heavy atom. The summed E-state index contributed by atoms with van der Waals surface area (Å²) in [6, 6.07) is 9.53. The van der Waals surface area contributed by atoms with Gasteiger partial charge in [0, 0.05) is 18.0 Å². The lowest BCUT2D eigenvalue weighted by Gasteiger charge is -2.30. The largest absolute Gasteiger partial charge is 0.494 e. The molecule has 2 rings (SSSR count). The number of ether oxygens (including phenoxy) is 1. The molecule has 2 atom stereocenters. The van der Waals surface area contributed by atoms with Crippen LogP contribution in [0.3, 0.4) is 0 Å². The first-order chi connectivity index (χ1) is 10.6. The van der Waals surface area contributed by atoms with E-state index in [2.05, 4.69) is 10.6 Å². The number of amides is 2. The second-order valence-corrected chi connectivity index (χ2v) is 6.17. The van der Waals surface area contributed by atoms with Crippen LogP contribution in [0, 0.1) is 5.41 Å². The number of urea groups is 1. The number of nitrogens with one attached hydrogen (secondary N) is 2. The van der Waals surface area contributed by atoms with Gasteiger partial charge in [0.2, 0.25) is 0 Å². The number of aliphatic hydroxyl groups is 1. The minimum atomic E-state index is -0.187. The zero-order valence-electron chi connectivity index (χ0n) is 13.2. The summed E-state index contributed by atoms with van der Waals surface area (Å²) in [5, 5.41) is 15.3. The lowest BCUT2D eigenvalue weighted by atomic mass is 9.86. The summed E-state index contributed by atoms with van der Waals surface area (Å²) in [4.78, 5) is 11.9. The van der Waals surface area contributed by atoms with Crippen molar-refractivity contribution in [3.63, 3.8) is 0 Å². The molecule has 5 nitrogen and oxygen atoms in total. The standard InChI is InChI=1S/C17H26N2O3/c1-17(13-20)10-5-9-15(17)19-16(21)18-11-6-12-22-14-7-3-2-4-8-14/h2-4,7-8,15,20H,5-6,9-13H2,1H3,(H2,18,19,21). The van der Waals surface area contributed by atoms with Crippen LogP contribution in [0.2, 0.25) is 0 Å². The molecular formula is C17H26N2O3.